The van der Waals surface area contributed by atoms with Gasteiger partial charge in [-0.1, -0.05) is 48.0 Å². The highest BCUT2D eigenvalue weighted by molar-refractivity contribution is 7.91. The first kappa shape index (κ1) is 25.3. The van der Waals surface area contributed by atoms with Crippen molar-refractivity contribution >= 4 is 75.1 Å². The number of carbonyl (C=O) groups excluding carboxylic acids is 1. The summed E-state index contributed by atoms with van der Waals surface area (Å²) in [6, 6.07) is 11.9. The quantitative estimate of drug-likeness (QED) is 0.347. The molecule has 1 atom stereocenters. The fourth-order valence-corrected chi connectivity index (χ4v) is 10.1. The molecular weight excluding hydrogens is 567 g/mol. The SMILES string of the molecule is CS(=O)(=O)c1c(-c2ccccc2)ccc(N2CC[C@H](NS(=O)(=O)c3c(Cl)sc4ccsc34)C2=O)c1F. The Morgan fingerprint density at radius 1 is 1.06 bits per heavy atom. The molecular formula is C23H18ClFN2O5S4. The van der Waals surface area contributed by atoms with E-state index < -0.39 is 42.5 Å². The van der Waals surface area contributed by atoms with Crippen LogP contribution in [0.5, 0.6) is 0 Å². The zero-order valence-electron chi connectivity index (χ0n) is 18.6. The van der Waals surface area contributed by atoms with Gasteiger partial charge in [0.2, 0.25) is 15.9 Å². The Hall–Kier alpha value is -2.35. The van der Waals surface area contributed by atoms with Crippen molar-refractivity contribution in [3.63, 3.8) is 0 Å². The molecule has 0 unspecified atom stereocenters. The van der Waals surface area contributed by atoms with Gasteiger partial charge in [0.05, 0.1) is 10.4 Å². The fraction of sp³-hybridized carbons (Fsp3) is 0.174. The lowest BCUT2D eigenvalue weighted by Gasteiger charge is -2.21. The van der Waals surface area contributed by atoms with Gasteiger partial charge in [-0.25, -0.2) is 21.2 Å². The molecule has 0 spiro atoms. The normalized spacial score (nSPS) is 16.8. The van der Waals surface area contributed by atoms with Crippen LogP contribution in [0.4, 0.5) is 10.1 Å². The second kappa shape index (κ2) is 9.19. The number of fused-ring (bicyclic) bond motifs is 1. The number of rotatable bonds is 6. The minimum absolute atomic E-state index is 0.00259. The molecule has 188 valence electrons. The molecule has 1 N–H and O–H groups in total. The van der Waals surface area contributed by atoms with E-state index >= 15 is 4.39 Å². The molecule has 1 saturated heterocycles. The first-order chi connectivity index (χ1) is 17.0. The maximum absolute atomic E-state index is 15.7. The maximum Gasteiger partial charge on any atom is 0.245 e. The number of halogens is 2. The molecule has 0 aliphatic carbocycles. The molecule has 2 aromatic carbocycles. The van der Waals surface area contributed by atoms with Gasteiger partial charge in [-0.05, 0) is 29.5 Å². The van der Waals surface area contributed by atoms with Gasteiger partial charge >= 0.3 is 0 Å². The maximum atomic E-state index is 15.7. The van der Waals surface area contributed by atoms with E-state index in [1.165, 1.54) is 23.5 Å². The van der Waals surface area contributed by atoms with Crippen molar-refractivity contribution in [3.05, 3.63) is 64.1 Å². The van der Waals surface area contributed by atoms with Crippen LogP contribution in [-0.4, -0.2) is 41.6 Å². The van der Waals surface area contributed by atoms with E-state index in [9.17, 15) is 21.6 Å². The van der Waals surface area contributed by atoms with E-state index in [0.717, 1.165) is 27.2 Å². The Morgan fingerprint density at radius 2 is 1.78 bits per heavy atom. The number of carbonyl (C=O) groups is 1. The molecule has 1 amide bonds. The van der Waals surface area contributed by atoms with Crippen LogP contribution in [0.15, 0.2) is 63.7 Å². The predicted molar refractivity (Wildman–Crippen MR) is 141 cm³/mol. The lowest BCUT2D eigenvalue weighted by atomic mass is 10.0. The number of benzene rings is 2. The smallest absolute Gasteiger partial charge is 0.245 e. The van der Waals surface area contributed by atoms with E-state index in [1.807, 2.05) is 0 Å². The van der Waals surface area contributed by atoms with Crippen LogP contribution in [0.3, 0.4) is 0 Å². The van der Waals surface area contributed by atoms with Crippen molar-refractivity contribution < 1.29 is 26.0 Å². The van der Waals surface area contributed by atoms with E-state index in [-0.39, 0.29) is 33.4 Å². The molecule has 13 heteroatoms. The number of amides is 1. The van der Waals surface area contributed by atoms with Gasteiger partial charge < -0.3 is 4.90 Å². The molecule has 0 radical (unpaired) electrons. The third-order valence-corrected chi connectivity index (χ3v) is 11.3. The van der Waals surface area contributed by atoms with Crippen LogP contribution in [0.25, 0.3) is 20.5 Å². The molecule has 2 aromatic heterocycles. The molecule has 7 nitrogen and oxygen atoms in total. The van der Waals surface area contributed by atoms with Crippen LogP contribution in [0, 0.1) is 5.82 Å². The van der Waals surface area contributed by atoms with E-state index in [0.29, 0.717) is 10.3 Å². The van der Waals surface area contributed by atoms with Crippen molar-refractivity contribution in [2.75, 3.05) is 17.7 Å². The standard InChI is InChI=1S/C23H18ClFN2O5S4/c1-35(29,30)20-14(13-5-3-2-4-6-13)7-8-16(18(20)25)27-11-9-15(23(27)28)26-36(31,32)21-19-17(10-12-33-19)34-22(21)24/h2-8,10,12,15,26H,9,11H2,1H3/t15-/m0/s1. The lowest BCUT2D eigenvalue weighted by molar-refractivity contribution is -0.118. The van der Waals surface area contributed by atoms with Crippen LogP contribution in [-0.2, 0) is 24.7 Å². The van der Waals surface area contributed by atoms with Gasteiger partial charge in [0.25, 0.3) is 0 Å². The first-order valence-corrected chi connectivity index (χ1v) is 16.0. The molecule has 4 aromatic rings. The molecule has 5 rings (SSSR count). The second-order valence-corrected chi connectivity index (χ2v) is 14.4. The largest absolute Gasteiger partial charge is 0.308 e. The van der Waals surface area contributed by atoms with Gasteiger partial charge in [0, 0.05) is 23.1 Å². The number of hydrogen-bond donors (Lipinski definition) is 1. The Morgan fingerprint density at radius 3 is 2.47 bits per heavy atom. The van der Waals surface area contributed by atoms with Crippen molar-refractivity contribution in [3.8, 4) is 11.1 Å². The lowest BCUT2D eigenvalue weighted by Crippen LogP contribution is -2.41. The highest BCUT2D eigenvalue weighted by Gasteiger charge is 2.39. The van der Waals surface area contributed by atoms with Crippen LogP contribution in [0.2, 0.25) is 4.34 Å². The Bertz CT molecular complexity index is 1720. The summed E-state index contributed by atoms with van der Waals surface area (Å²) >= 11 is 8.55. The molecule has 1 fully saturated rings. The number of sulfone groups is 1. The molecule has 1 aliphatic rings. The number of hydrogen-bond acceptors (Lipinski definition) is 7. The van der Waals surface area contributed by atoms with Crippen molar-refractivity contribution in [2.45, 2.75) is 22.3 Å². The summed E-state index contributed by atoms with van der Waals surface area (Å²) in [5.74, 6) is -1.74. The Labute approximate surface area is 220 Å². The second-order valence-electron chi connectivity index (χ2n) is 8.18. The summed E-state index contributed by atoms with van der Waals surface area (Å²) in [5, 5.41) is 1.75. The van der Waals surface area contributed by atoms with Crippen LogP contribution in [0.1, 0.15) is 6.42 Å². The molecule has 3 heterocycles. The Balaban J connectivity index is 1.48. The molecule has 0 bridgehead atoms. The highest BCUT2D eigenvalue weighted by atomic mass is 35.5. The average molecular weight is 585 g/mol. The number of thiophene rings is 2. The zero-order chi connectivity index (χ0) is 25.8. The minimum Gasteiger partial charge on any atom is -0.308 e. The van der Waals surface area contributed by atoms with Crippen molar-refractivity contribution in [2.24, 2.45) is 0 Å². The zero-order valence-corrected chi connectivity index (χ0v) is 22.6. The summed E-state index contributed by atoms with van der Waals surface area (Å²) in [6.45, 7) is 0.00259. The number of nitrogens with one attached hydrogen (secondary N) is 1. The summed E-state index contributed by atoms with van der Waals surface area (Å²) in [4.78, 5) is 13.6. The topological polar surface area (TPSA) is 101 Å². The third kappa shape index (κ3) is 4.35. The van der Waals surface area contributed by atoms with E-state index in [2.05, 4.69) is 4.72 Å². The van der Waals surface area contributed by atoms with E-state index in [1.54, 1.807) is 41.8 Å². The number of anilines is 1. The first-order valence-electron chi connectivity index (χ1n) is 10.6. The van der Waals surface area contributed by atoms with Crippen LogP contribution >= 0.6 is 34.3 Å². The molecule has 1 aliphatic heterocycles. The van der Waals surface area contributed by atoms with Gasteiger partial charge in [0.15, 0.2) is 15.7 Å². The summed E-state index contributed by atoms with van der Waals surface area (Å²) in [7, 11) is -8.16. The van der Waals surface area contributed by atoms with E-state index in [4.69, 9.17) is 11.6 Å². The Kier molecular flexibility index (Phi) is 6.46. The molecule has 0 saturated carbocycles. The highest BCUT2D eigenvalue weighted by Crippen LogP contribution is 2.42. The average Bonchev–Trinajstić information content (AvgIpc) is 3.48. The van der Waals surface area contributed by atoms with Gasteiger partial charge in [0.1, 0.15) is 20.2 Å². The van der Waals surface area contributed by atoms with Gasteiger partial charge in [-0.3, -0.25) is 4.79 Å². The summed E-state index contributed by atoms with van der Waals surface area (Å²) < 4.78 is 70.7. The van der Waals surface area contributed by atoms with Crippen molar-refractivity contribution in [1.29, 1.82) is 0 Å². The molecule has 36 heavy (non-hydrogen) atoms. The number of nitrogens with zero attached hydrogens (tertiary/aromatic N) is 1. The fourth-order valence-electron chi connectivity index (χ4n) is 4.24. The predicted octanol–water partition coefficient (Wildman–Crippen LogP) is 4.91. The monoisotopic (exact) mass is 584 g/mol. The number of sulfonamides is 1. The third-order valence-electron chi connectivity index (χ3n) is 5.81. The van der Waals surface area contributed by atoms with Gasteiger partial charge in [-0.2, -0.15) is 4.72 Å². The van der Waals surface area contributed by atoms with Crippen LogP contribution < -0.4 is 9.62 Å². The van der Waals surface area contributed by atoms with Crippen molar-refractivity contribution in [1.82, 2.24) is 4.72 Å². The summed E-state index contributed by atoms with van der Waals surface area (Å²) in [5.41, 5.74) is 0.459. The minimum atomic E-state index is -4.15. The summed E-state index contributed by atoms with van der Waals surface area (Å²) in [6.07, 6.45) is 0.974. The van der Waals surface area contributed by atoms with Gasteiger partial charge in [-0.15, -0.1) is 22.7 Å².